The van der Waals surface area contributed by atoms with Crippen LogP contribution in [0.25, 0.3) is 0 Å². The number of carbonyl (C=O) groups excluding carboxylic acids is 3. The summed E-state index contributed by atoms with van der Waals surface area (Å²) in [4.78, 5) is 37.4. The quantitative estimate of drug-likeness (QED) is 0.523. The predicted molar refractivity (Wildman–Crippen MR) is 91.4 cm³/mol. The Balaban J connectivity index is 3.22. The van der Waals surface area contributed by atoms with Gasteiger partial charge in [0.1, 0.15) is 5.92 Å². The molecule has 1 aliphatic carbocycles. The molecule has 1 fully saturated rings. The van der Waals surface area contributed by atoms with Gasteiger partial charge in [-0.2, -0.15) is 0 Å². The summed E-state index contributed by atoms with van der Waals surface area (Å²) in [6, 6.07) is 0. The molecule has 0 heterocycles. The summed E-state index contributed by atoms with van der Waals surface area (Å²) in [7, 11) is 0. The van der Waals surface area contributed by atoms with E-state index >= 15 is 0 Å². The first kappa shape index (κ1) is 20.7. The third-order valence-corrected chi connectivity index (χ3v) is 4.77. The molecule has 3 unspecified atom stereocenters. The van der Waals surface area contributed by atoms with Crippen LogP contribution in [0.3, 0.4) is 0 Å². The van der Waals surface area contributed by atoms with Crippen molar-refractivity contribution in [2.45, 2.75) is 72.0 Å². The van der Waals surface area contributed by atoms with Gasteiger partial charge in [-0.3, -0.25) is 14.4 Å². The largest absolute Gasteiger partial charge is 0.390 e. The van der Waals surface area contributed by atoms with Crippen molar-refractivity contribution in [2.75, 3.05) is 0 Å². The molecule has 136 valence electrons. The van der Waals surface area contributed by atoms with Crippen molar-refractivity contribution in [3.63, 3.8) is 0 Å². The van der Waals surface area contributed by atoms with Crippen LogP contribution in [0.1, 0.15) is 60.3 Å². The zero-order valence-electron chi connectivity index (χ0n) is 15.3. The average Bonchev–Trinajstić information content (AvgIpc) is 2.70. The van der Waals surface area contributed by atoms with Gasteiger partial charge < -0.3 is 10.2 Å². The Morgan fingerprint density at radius 3 is 2.29 bits per heavy atom. The van der Waals surface area contributed by atoms with Gasteiger partial charge in [0, 0.05) is 6.42 Å². The number of hydrogen-bond acceptors (Lipinski definition) is 5. The third kappa shape index (κ3) is 4.01. The van der Waals surface area contributed by atoms with Crippen molar-refractivity contribution in [2.24, 2.45) is 17.8 Å². The van der Waals surface area contributed by atoms with Crippen molar-refractivity contribution in [1.82, 2.24) is 0 Å². The van der Waals surface area contributed by atoms with Crippen LogP contribution in [-0.4, -0.2) is 39.3 Å². The summed E-state index contributed by atoms with van der Waals surface area (Å²) in [6.07, 6.45) is 1.44. The summed E-state index contributed by atoms with van der Waals surface area (Å²) in [6.45, 7) is 9.24. The van der Waals surface area contributed by atoms with E-state index in [4.69, 9.17) is 0 Å². The summed E-state index contributed by atoms with van der Waals surface area (Å²) in [5.74, 6) is -4.09. The molecular weight excluding hydrogens is 308 g/mol. The summed E-state index contributed by atoms with van der Waals surface area (Å²) in [5.41, 5.74) is -1.23. The van der Waals surface area contributed by atoms with Crippen LogP contribution in [0.5, 0.6) is 0 Å². The molecule has 0 aliphatic heterocycles. The number of aliphatic hydroxyl groups excluding tert-OH is 1. The molecule has 0 aromatic heterocycles. The van der Waals surface area contributed by atoms with Crippen LogP contribution in [0.2, 0.25) is 0 Å². The highest BCUT2D eigenvalue weighted by Gasteiger charge is 2.63. The Kier molecular flexibility index (Phi) is 7.05. The molecule has 0 saturated heterocycles. The van der Waals surface area contributed by atoms with Gasteiger partial charge in [-0.25, -0.2) is 0 Å². The second-order valence-electron chi connectivity index (χ2n) is 7.40. The second-order valence-corrected chi connectivity index (χ2v) is 7.40. The molecule has 0 radical (unpaired) electrons. The van der Waals surface area contributed by atoms with Crippen LogP contribution in [0.15, 0.2) is 11.6 Å². The van der Waals surface area contributed by atoms with Gasteiger partial charge in [0.2, 0.25) is 0 Å². The second kappa shape index (κ2) is 8.17. The minimum absolute atomic E-state index is 0.0513. The topological polar surface area (TPSA) is 91.7 Å². The van der Waals surface area contributed by atoms with Crippen molar-refractivity contribution in [3.8, 4) is 0 Å². The maximum absolute atomic E-state index is 12.7. The Morgan fingerprint density at radius 1 is 1.25 bits per heavy atom. The van der Waals surface area contributed by atoms with E-state index in [9.17, 15) is 24.6 Å². The number of allylic oxidation sites excluding steroid dienone is 2. The fourth-order valence-electron chi connectivity index (χ4n) is 3.22. The Morgan fingerprint density at radius 2 is 1.83 bits per heavy atom. The first-order chi connectivity index (χ1) is 11.1. The van der Waals surface area contributed by atoms with Gasteiger partial charge in [0.05, 0.1) is 12.0 Å². The molecule has 0 aromatic carbocycles. The Labute approximate surface area is 144 Å². The number of Topliss-reactive ketones (excluding diaryl/α,β-unsaturated/α-hetero) is 3. The normalized spacial score (nSPS) is 28.3. The zero-order chi connectivity index (χ0) is 18.7. The number of carbonyl (C=O) groups is 3. The van der Waals surface area contributed by atoms with Crippen LogP contribution in [0.4, 0.5) is 0 Å². The summed E-state index contributed by atoms with van der Waals surface area (Å²) in [5, 5.41) is 21.5. The van der Waals surface area contributed by atoms with Gasteiger partial charge in [0.15, 0.2) is 23.0 Å². The zero-order valence-corrected chi connectivity index (χ0v) is 15.3. The third-order valence-electron chi connectivity index (χ3n) is 4.77. The lowest BCUT2D eigenvalue weighted by Gasteiger charge is -2.32. The maximum atomic E-state index is 12.7. The van der Waals surface area contributed by atoms with E-state index in [1.807, 2.05) is 27.7 Å². The van der Waals surface area contributed by atoms with Crippen molar-refractivity contribution in [3.05, 3.63) is 11.6 Å². The molecule has 0 spiro atoms. The van der Waals surface area contributed by atoms with Gasteiger partial charge in [0.25, 0.3) is 0 Å². The standard InChI is InChI=1S/C19H30O5/c1-6-14(20)16-17(22)13(9-7-11(2)3)19(24,18(16)23)15(21)10-8-12(4)5/h7,12-13,15-16,21,24H,6,8-10H2,1-5H3/t13-,15?,16?,19?/m1/s1. The fraction of sp³-hybridized carbons (Fsp3) is 0.737. The molecule has 1 saturated carbocycles. The average molecular weight is 338 g/mol. The number of ketones is 3. The lowest BCUT2D eigenvalue weighted by Crippen LogP contribution is -2.52. The highest BCUT2D eigenvalue weighted by Crippen LogP contribution is 2.41. The SMILES string of the molecule is CCC(=O)C1C(=O)[C@@H](CC=C(C)C)C(O)(C(O)CCC(C)C)C1=O. The van der Waals surface area contributed by atoms with Gasteiger partial charge in [-0.15, -0.1) is 0 Å². The molecule has 4 atom stereocenters. The molecule has 0 amide bonds. The molecule has 0 bridgehead atoms. The van der Waals surface area contributed by atoms with Gasteiger partial charge >= 0.3 is 0 Å². The highest BCUT2D eigenvalue weighted by atomic mass is 16.4. The first-order valence-corrected chi connectivity index (χ1v) is 8.71. The summed E-state index contributed by atoms with van der Waals surface area (Å²) >= 11 is 0. The Hall–Kier alpha value is -1.33. The minimum Gasteiger partial charge on any atom is -0.390 e. The predicted octanol–water partition coefficient (Wildman–Crippen LogP) is 2.23. The van der Waals surface area contributed by atoms with E-state index in [0.717, 1.165) is 5.57 Å². The van der Waals surface area contributed by atoms with E-state index in [0.29, 0.717) is 12.3 Å². The highest BCUT2D eigenvalue weighted by molar-refractivity contribution is 6.27. The molecule has 5 nitrogen and oxygen atoms in total. The van der Waals surface area contributed by atoms with E-state index < -0.39 is 40.9 Å². The number of rotatable bonds is 8. The lowest BCUT2D eigenvalue weighted by molar-refractivity contribution is -0.157. The van der Waals surface area contributed by atoms with Crippen LogP contribution in [-0.2, 0) is 14.4 Å². The molecule has 1 aliphatic rings. The molecule has 2 N–H and O–H groups in total. The molecule has 0 aromatic rings. The van der Waals surface area contributed by atoms with E-state index in [1.54, 1.807) is 13.0 Å². The Bertz CT molecular complexity index is 530. The number of hydrogen-bond donors (Lipinski definition) is 2. The van der Waals surface area contributed by atoms with Crippen LogP contribution >= 0.6 is 0 Å². The smallest absolute Gasteiger partial charge is 0.185 e. The minimum atomic E-state index is -2.17. The first-order valence-electron chi connectivity index (χ1n) is 8.71. The van der Waals surface area contributed by atoms with Crippen molar-refractivity contribution in [1.29, 1.82) is 0 Å². The van der Waals surface area contributed by atoms with Crippen LogP contribution < -0.4 is 0 Å². The number of aliphatic hydroxyl groups is 2. The molecule has 5 heteroatoms. The van der Waals surface area contributed by atoms with Gasteiger partial charge in [-0.1, -0.05) is 32.4 Å². The fourth-order valence-corrected chi connectivity index (χ4v) is 3.22. The van der Waals surface area contributed by atoms with E-state index in [-0.39, 0.29) is 19.3 Å². The van der Waals surface area contributed by atoms with Crippen LogP contribution in [0, 0.1) is 17.8 Å². The monoisotopic (exact) mass is 338 g/mol. The van der Waals surface area contributed by atoms with Gasteiger partial charge in [-0.05, 0) is 39.0 Å². The summed E-state index contributed by atoms with van der Waals surface area (Å²) < 4.78 is 0. The molecular formula is C19H30O5. The van der Waals surface area contributed by atoms with Crippen molar-refractivity contribution < 1.29 is 24.6 Å². The van der Waals surface area contributed by atoms with E-state index in [1.165, 1.54) is 0 Å². The molecule has 24 heavy (non-hydrogen) atoms. The molecule has 1 rings (SSSR count). The maximum Gasteiger partial charge on any atom is 0.185 e. The van der Waals surface area contributed by atoms with Crippen molar-refractivity contribution >= 4 is 17.3 Å². The lowest BCUT2D eigenvalue weighted by atomic mass is 9.79. The van der Waals surface area contributed by atoms with E-state index in [2.05, 4.69) is 0 Å².